The molecule has 0 aromatic heterocycles. The summed E-state index contributed by atoms with van der Waals surface area (Å²) in [4.78, 5) is 0. The van der Waals surface area contributed by atoms with Crippen LogP contribution in [0.3, 0.4) is 0 Å². The third-order valence-electron chi connectivity index (χ3n) is 5.57. The fraction of sp³-hybridized carbons (Fsp3) is 1.00. The van der Waals surface area contributed by atoms with E-state index in [4.69, 9.17) is 0 Å². The maximum atomic E-state index is 11.9. The standard InChI is InChI=1S/C17H33NO2S/c1-3-12-18-17(14-8-5-4-6-9-14)15-10-7-11-16(13-15)21(2,19)20/h14-18H,3-13H2,1-2H3. The fourth-order valence-electron chi connectivity index (χ4n) is 4.42. The van der Waals surface area contributed by atoms with Crippen LogP contribution in [-0.4, -0.2) is 32.5 Å². The van der Waals surface area contributed by atoms with Crippen molar-refractivity contribution < 1.29 is 8.42 Å². The van der Waals surface area contributed by atoms with Crippen molar-refractivity contribution in [3.05, 3.63) is 0 Å². The average molecular weight is 316 g/mol. The molecule has 0 aromatic carbocycles. The number of nitrogens with one attached hydrogen (secondary N) is 1. The van der Waals surface area contributed by atoms with Gasteiger partial charge in [-0.15, -0.1) is 0 Å². The summed E-state index contributed by atoms with van der Waals surface area (Å²) in [6.07, 6.45) is 13.4. The van der Waals surface area contributed by atoms with Crippen molar-refractivity contribution in [3.8, 4) is 0 Å². The van der Waals surface area contributed by atoms with Gasteiger partial charge in [-0.1, -0.05) is 32.6 Å². The van der Waals surface area contributed by atoms with Gasteiger partial charge in [0, 0.05) is 12.3 Å². The molecule has 2 rings (SSSR count). The molecule has 0 bridgehead atoms. The highest BCUT2D eigenvalue weighted by Gasteiger charge is 2.36. The third kappa shape index (κ3) is 4.95. The predicted molar refractivity (Wildman–Crippen MR) is 89.2 cm³/mol. The van der Waals surface area contributed by atoms with E-state index in [1.165, 1.54) is 44.8 Å². The lowest BCUT2D eigenvalue weighted by molar-refractivity contribution is 0.173. The maximum Gasteiger partial charge on any atom is 0.150 e. The Bertz CT molecular complexity index is 401. The second-order valence-electron chi connectivity index (χ2n) is 7.26. The maximum absolute atomic E-state index is 11.9. The van der Waals surface area contributed by atoms with Gasteiger partial charge in [0.15, 0.2) is 0 Å². The van der Waals surface area contributed by atoms with Crippen LogP contribution in [0, 0.1) is 11.8 Å². The van der Waals surface area contributed by atoms with E-state index in [0.717, 1.165) is 38.1 Å². The van der Waals surface area contributed by atoms with Crippen LogP contribution in [0.4, 0.5) is 0 Å². The zero-order chi connectivity index (χ0) is 15.3. The Hall–Kier alpha value is -0.0900. The Morgan fingerprint density at radius 1 is 1.00 bits per heavy atom. The molecule has 0 radical (unpaired) electrons. The van der Waals surface area contributed by atoms with Gasteiger partial charge in [-0.05, 0) is 56.9 Å². The molecule has 3 atom stereocenters. The highest BCUT2D eigenvalue weighted by atomic mass is 32.2. The smallest absolute Gasteiger partial charge is 0.150 e. The van der Waals surface area contributed by atoms with Crippen molar-refractivity contribution >= 4 is 9.84 Å². The van der Waals surface area contributed by atoms with E-state index < -0.39 is 9.84 Å². The lowest BCUT2D eigenvalue weighted by atomic mass is 9.73. The molecule has 0 heterocycles. The van der Waals surface area contributed by atoms with Gasteiger partial charge in [0.2, 0.25) is 0 Å². The highest BCUT2D eigenvalue weighted by molar-refractivity contribution is 7.91. The van der Waals surface area contributed by atoms with Crippen molar-refractivity contribution in [2.45, 2.75) is 82.4 Å². The molecule has 124 valence electrons. The van der Waals surface area contributed by atoms with Gasteiger partial charge in [0.25, 0.3) is 0 Å². The number of sulfone groups is 1. The molecule has 0 spiro atoms. The first-order valence-corrected chi connectivity index (χ1v) is 10.9. The molecule has 2 saturated carbocycles. The van der Waals surface area contributed by atoms with E-state index in [1.54, 1.807) is 0 Å². The summed E-state index contributed by atoms with van der Waals surface area (Å²) >= 11 is 0. The Morgan fingerprint density at radius 2 is 1.67 bits per heavy atom. The summed E-state index contributed by atoms with van der Waals surface area (Å²) in [5.74, 6) is 1.33. The summed E-state index contributed by atoms with van der Waals surface area (Å²) in [6, 6.07) is 0.551. The van der Waals surface area contributed by atoms with E-state index in [2.05, 4.69) is 12.2 Å². The predicted octanol–water partition coefficient (Wildman–Crippen LogP) is 3.54. The van der Waals surface area contributed by atoms with E-state index in [1.807, 2.05) is 0 Å². The number of rotatable bonds is 6. The average Bonchev–Trinajstić information content (AvgIpc) is 2.48. The molecule has 2 aliphatic rings. The molecular formula is C17H33NO2S. The van der Waals surface area contributed by atoms with E-state index in [0.29, 0.717) is 12.0 Å². The zero-order valence-corrected chi connectivity index (χ0v) is 14.6. The second-order valence-corrected chi connectivity index (χ2v) is 9.58. The molecule has 3 nitrogen and oxygen atoms in total. The van der Waals surface area contributed by atoms with Crippen LogP contribution in [0.25, 0.3) is 0 Å². The molecule has 0 amide bonds. The topological polar surface area (TPSA) is 46.2 Å². The van der Waals surface area contributed by atoms with Crippen molar-refractivity contribution in [1.29, 1.82) is 0 Å². The molecule has 3 unspecified atom stereocenters. The first-order chi connectivity index (χ1) is 10.0. The summed E-state index contributed by atoms with van der Waals surface area (Å²) in [6.45, 7) is 3.28. The summed E-state index contributed by atoms with van der Waals surface area (Å²) in [5, 5.41) is 3.69. The van der Waals surface area contributed by atoms with Gasteiger partial charge in [-0.25, -0.2) is 8.42 Å². The van der Waals surface area contributed by atoms with Gasteiger partial charge in [-0.3, -0.25) is 0 Å². The Labute approximate surface area is 131 Å². The van der Waals surface area contributed by atoms with Gasteiger partial charge >= 0.3 is 0 Å². The lowest BCUT2D eigenvalue weighted by Crippen LogP contribution is -2.46. The van der Waals surface area contributed by atoms with Crippen LogP contribution in [0.2, 0.25) is 0 Å². The summed E-state index contributed by atoms with van der Waals surface area (Å²) in [5.41, 5.74) is 0. The normalized spacial score (nSPS) is 30.2. The lowest BCUT2D eigenvalue weighted by Gasteiger charge is -2.40. The van der Waals surface area contributed by atoms with Gasteiger partial charge in [-0.2, -0.15) is 0 Å². The molecule has 0 saturated heterocycles. The van der Waals surface area contributed by atoms with E-state index >= 15 is 0 Å². The van der Waals surface area contributed by atoms with Crippen LogP contribution < -0.4 is 5.32 Å². The number of hydrogen-bond acceptors (Lipinski definition) is 3. The zero-order valence-electron chi connectivity index (χ0n) is 13.8. The van der Waals surface area contributed by atoms with Crippen LogP contribution >= 0.6 is 0 Å². The van der Waals surface area contributed by atoms with E-state index in [9.17, 15) is 8.42 Å². The van der Waals surface area contributed by atoms with E-state index in [-0.39, 0.29) is 5.25 Å². The molecular weight excluding hydrogens is 282 g/mol. The third-order valence-corrected chi connectivity index (χ3v) is 7.21. The minimum Gasteiger partial charge on any atom is -0.313 e. The van der Waals surface area contributed by atoms with Crippen LogP contribution in [0.15, 0.2) is 0 Å². The summed E-state index contributed by atoms with van der Waals surface area (Å²) in [7, 11) is -2.87. The van der Waals surface area contributed by atoms with Crippen molar-refractivity contribution in [3.63, 3.8) is 0 Å². The number of hydrogen-bond donors (Lipinski definition) is 1. The molecule has 2 fully saturated rings. The molecule has 1 N–H and O–H groups in total. The van der Waals surface area contributed by atoms with Crippen LogP contribution in [0.5, 0.6) is 0 Å². The highest BCUT2D eigenvalue weighted by Crippen LogP contribution is 2.37. The Morgan fingerprint density at radius 3 is 2.29 bits per heavy atom. The minimum atomic E-state index is -2.87. The SMILES string of the molecule is CCCNC(C1CCCCC1)C1CCCC(S(C)(=O)=O)C1. The van der Waals surface area contributed by atoms with Gasteiger partial charge in [0.1, 0.15) is 9.84 Å². The van der Waals surface area contributed by atoms with Crippen molar-refractivity contribution in [2.24, 2.45) is 11.8 Å². The largest absolute Gasteiger partial charge is 0.313 e. The van der Waals surface area contributed by atoms with Crippen LogP contribution in [0.1, 0.15) is 71.1 Å². The van der Waals surface area contributed by atoms with Crippen molar-refractivity contribution in [2.75, 3.05) is 12.8 Å². The fourth-order valence-corrected chi connectivity index (χ4v) is 5.61. The Balaban J connectivity index is 2.04. The first-order valence-electron chi connectivity index (χ1n) is 8.94. The second kappa shape index (κ2) is 7.96. The molecule has 4 heteroatoms. The van der Waals surface area contributed by atoms with Crippen LogP contribution in [-0.2, 0) is 9.84 Å². The molecule has 0 aromatic rings. The van der Waals surface area contributed by atoms with Gasteiger partial charge < -0.3 is 5.32 Å². The van der Waals surface area contributed by atoms with Gasteiger partial charge in [0.05, 0.1) is 5.25 Å². The Kier molecular flexibility index (Phi) is 6.54. The minimum absolute atomic E-state index is 0.0919. The molecule has 2 aliphatic carbocycles. The summed E-state index contributed by atoms with van der Waals surface area (Å²) < 4.78 is 23.8. The molecule has 0 aliphatic heterocycles. The molecule has 21 heavy (non-hydrogen) atoms. The quantitative estimate of drug-likeness (QED) is 0.815. The first kappa shape index (κ1) is 17.3. The monoisotopic (exact) mass is 315 g/mol. The van der Waals surface area contributed by atoms with Crippen molar-refractivity contribution in [1.82, 2.24) is 5.32 Å².